The fourth-order valence-electron chi connectivity index (χ4n) is 4.06. The van der Waals surface area contributed by atoms with Crippen LogP contribution in [0.2, 0.25) is 0 Å². The number of aromatic nitrogens is 1. The average Bonchev–Trinajstić information content (AvgIpc) is 2.84. The Morgan fingerprint density at radius 3 is 2.75 bits per heavy atom. The van der Waals surface area contributed by atoms with Crippen LogP contribution in [0, 0.1) is 17.8 Å². The quantitative estimate of drug-likeness (QED) is 0.498. The molecule has 1 aromatic heterocycles. The number of carbonyl (C=O) groups is 2. The molecule has 2 heterocycles. The summed E-state index contributed by atoms with van der Waals surface area (Å²) in [5, 5.41) is 28.5. The third-order valence-electron chi connectivity index (χ3n) is 6.06. The van der Waals surface area contributed by atoms with Crippen molar-refractivity contribution in [1.82, 2.24) is 14.8 Å². The van der Waals surface area contributed by atoms with E-state index >= 15 is 0 Å². The van der Waals surface area contributed by atoms with Crippen molar-refractivity contribution in [3.63, 3.8) is 0 Å². The first-order valence-electron chi connectivity index (χ1n) is 11.9. The number of benzene rings is 1. The Kier molecular flexibility index (Phi) is 9.04. The lowest BCUT2D eigenvalue weighted by atomic mass is 9.99. The van der Waals surface area contributed by atoms with E-state index in [0.29, 0.717) is 25.2 Å². The van der Waals surface area contributed by atoms with Gasteiger partial charge in [0.15, 0.2) is 0 Å². The fourth-order valence-corrected chi connectivity index (χ4v) is 4.06. The molecule has 1 aliphatic rings. The maximum Gasteiger partial charge on any atom is 0.335 e. The van der Waals surface area contributed by atoms with Crippen LogP contribution in [0.25, 0.3) is 0 Å². The highest BCUT2D eigenvalue weighted by Gasteiger charge is 2.34. The molecule has 1 amide bonds. The second kappa shape index (κ2) is 12.0. The van der Waals surface area contributed by atoms with E-state index in [4.69, 9.17) is 4.74 Å². The minimum absolute atomic E-state index is 0.0830. The highest BCUT2D eigenvalue weighted by atomic mass is 16.5. The van der Waals surface area contributed by atoms with Crippen molar-refractivity contribution < 1.29 is 29.6 Å². The lowest BCUT2D eigenvalue weighted by Gasteiger charge is -2.37. The van der Waals surface area contributed by atoms with Crippen LogP contribution in [-0.2, 0) is 6.54 Å². The highest BCUT2D eigenvalue weighted by Crippen LogP contribution is 2.27. The molecular weight excluding hydrogens is 462 g/mol. The van der Waals surface area contributed by atoms with Crippen molar-refractivity contribution in [2.45, 2.75) is 45.6 Å². The van der Waals surface area contributed by atoms with Gasteiger partial charge in [-0.1, -0.05) is 30.9 Å². The molecule has 3 N–H and O–H groups in total. The average molecular weight is 496 g/mol. The largest absolute Gasteiger partial charge is 0.478 e. The van der Waals surface area contributed by atoms with Crippen LogP contribution in [0.15, 0.2) is 36.5 Å². The normalized spacial score (nSPS) is 19.3. The van der Waals surface area contributed by atoms with Gasteiger partial charge in [0.05, 0.1) is 18.2 Å². The number of rotatable bonds is 7. The molecule has 192 valence electrons. The van der Waals surface area contributed by atoms with Crippen LogP contribution in [0.4, 0.5) is 0 Å². The van der Waals surface area contributed by atoms with Crippen LogP contribution in [0.5, 0.6) is 5.88 Å². The molecule has 3 rings (SSSR count). The van der Waals surface area contributed by atoms with Gasteiger partial charge < -0.3 is 25.0 Å². The number of ether oxygens (including phenoxy) is 1. The van der Waals surface area contributed by atoms with E-state index in [0.717, 1.165) is 5.56 Å². The SMILES string of the molecule is C[C@H](O)C#Cc1cnc2c(c1)C(=O)N([C@H](C)CO)C[C@@H](C)[C@H](CN(C)Cc1cccc(C(=O)O)c1)O2. The van der Waals surface area contributed by atoms with E-state index in [1.54, 1.807) is 43.0 Å². The molecule has 0 radical (unpaired) electrons. The second-order valence-corrected chi connectivity index (χ2v) is 9.35. The van der Waals surface area contributed by atoms with Crippen molar-refractivity contribution in [3.05, 3.63) is 58.8 Å². The molecule has 2 aromatic rings. The van der Waals surface area contributed by atoms with E-state index < -0.39 is 18.1 Å². The topological polar surface area (TPSA) is 123 Å². The van der Waals surface area contributed by atoms with Gasteiger partial charge in [-0.2, -0.15) is 0 Å². The summed E-state index contributed by atoms with van der Waals surface area (Å²) in [7, 11) is 1.92. The van der Waals surface area contributed by atoms with E-state index in [9.17, 15) is 24.9 Å². The summed E-state index contributed by atoms with van der Waals surface area (Å²) in [6, 6.07) is 8.00. The number of aliphatic hydroxyl groups excluding tert-OH is 2. The zero-order chi connectivity index (χ0) is 26.4. The number of likely N-dealkylation sites (N-methyl/N-ethyl adjacent to an activating group) is 1. The van der Waals surface area contributed by atoms with Gasteiger partial charge in [0.1, 0.15) is 17.8 Å². The van der Waals surface area contributed by atoms with Gasteiger partial charge in [0, 0.05) is 37.3 Å². The molecule has 0 saturated carbocycles. The van der Waals surface area contributed by atoms with Gasteiger partial charge in [0.25, 0.3) is 5.91 Å². The molecule has 9 heteroatoms. The first kappa shape index (κ1) is 27.1. The first-order chi connectivity index (χ1) is 17.1. The van der Waals surface area contributed by atoms with E-state index in [-0.39, 0.29) is 41.5 Å². The number of hydrogen-bond donors (Lipinski definition) is 3. The minimum Gasteiger partial charge on any atom is -0.478 e. The van der Waals surface area contributed by atoms with Gasteiger partial charge in [-0.25, -0.2) is 9.78 Å². The summed E-state index contributed by atoms with van der Waals surface area (Å²) in [4.78, 5) is 32.8. The molecule has 1 aromatic carbocycles. The van der Waals surface area contributed by atoms with Gasteiger partial charge in [-0.15, -0.1) is 0 Å². The Labute approximate surface area is 211 Å². The minimum atomic E-state index is -0.973. The molecular formula is C27H33N3O6. The number of nitrogens with zero attached hydrogens (tertiary/aromatic N) is 3. The lowest BCUT2D eigenvalue weighted by Crippen LogP contribution is -2.49. The molecule has 4 atom stereocenters. The second-order valence-electron chi connectivity index (χ2n) is 9.35. The number of carbonyl (C=O) groups excluding carboxylic acids is 1. The van der Waals surface area contributed by atoms with Crippen LogP contribution in [0.3, 0.4) is 0 Å². The smallest absolute Gasteiger partial charge is 0.335 e. The monoisotopic (exact) mass is 495 g/mol. The number of fused-ring (bicyclic) bond motifs is 1. The number of hydrogen-bond acceptors (Lipinski definition) is 7. The van der Waals surface area contributed by atoms with Crippen molar-refractivity contribution in [2.24, 2.45) is 5.92 Å². The van der Waals surface area contributed by atoms with Gasteiger partial charge in [0.2, 0.25) is 5.88 Å². The van der Waals surface area contributed by atoms with Crippen LogP contribution < -0.4 is 4.74 Å². The Balaban J connectivity index is 1.89. The Bertz CT molecular complexity index is 1160. The van der Waals surface area contributed by atoms with Crippen LogP contribution in [0.1, 0.15) is 52.6 Å². The molecule has 0 spiro atoms. The Hall–Kier alpha value is -3.45. The molecule has 0 fully saturated rings. The Morgan fingerprint density at radius 2 is 2.08 bits per heavy atom. The van der Waals surface area contributed by atoms with Crippen molar-refractivity contribution in [1.29, 1.82) is 0 Å². The number of pyridine rings is 1. The van der Waals surface area contributed by atoms with E-state index in [1.807, 2.05) is 24.9 Å². The van der Waals surface area contributed by atoms with Crippen molar-refractivity contribution in [2.75, 3.05) is 26.7 Å². The fraction of sp³-hybridized carbons (Fsp3) is 0.444. The summed E-state index contributed by atoms with van der Waals surface area (Å²) in [5.41, 5.74) is 1.82. The summed E-state index contributed by atoms with van der Waals surface area (Å²) >= 11 is 0. The summed E-state index contributed by atoms with van der Waals surface area (Å²) in [6.07, 6.45) is 0.354. The first-order valence-corrected chi connectivity index (χ1v) is 11.9. The van der Waals surface area contributed by atoms with Crippen LogP contribution in [-0.4, -0.2) is 87.0 Å². The van der Waals surface area contributed by atoms with Gasteiger partial charge in [-0.3, -0.25) is 9.69 Å². The third-order valence-corrected chi connectivity index (χ3v) is 6.06. The van der Waals surface area contributed by atoms with E-state index in [2.05, 4.69) is 16.8 Å². The molecule has 0 unspecified atom stereocenters. The van der Waals surface area contributed by atoms with Gasteiger partial charge in [-0.05, 0) is 44.7 Å². The van der Waals surface area contributed by atoms with Crippen molar-refractivity contribution >= 4 is 11.9 Å². The molecule has 9 nitrogen and oxygen atoms in total. The predicted octanol–water partition coefficient (Wildman–Crippen LogP) is 1.86. The molecule has 0 bridgehead atoms. The molecule has 1 aliphatic heterocycles. The third kappa shape index (κ3) is 6.82. The van der Waals surface area contributed by atoms with Gasteiger partial charge >= 0.3 is 5.97 Å². The maximum atomic E-state index is 13.4. The Morgan fingerprint density at radius 1 is 1.33 bits per heavy atom. The maximum absolute atomic E-state index is 13.4. The summed E-state index contributed by atoms with van der Waals surface area (Å²) < 4.78 is 6.28. The zero-order valence-electron chi connectivity index (χ0n) is 21.0. The number of aliphatic hydroxyl groups is 2. The number of carboxylic acid groups (broad SMARTS) is 1. The number of carboxylic acids is 1. The van der Waals surface area contributed by atoms with Crippen LogP contribution >= 0.6 is 0 Å². The summed E-state index contributed by atoms with van der Waals surface area (Å²) in [6.45, 7) is 6.52. The van der Waals surface area contributed by atoms with E-state index in [1.165, 1.54) is 6.20 Å². The lowest BCUT2D eigenvalue weighted by molar-refractivity contribution is 0.0324. The molecule has 36 heavy (non-hydrogen) atoms. The standard InChI is InChI=1S/C27H33N3O6/c1-17-13-30(18(2)16-31)26(33)23-11-20(9-8-19(3)32)12-28-25(23)36-24(17)15-29(4)14-21-6-5-7-22(10-21)27(34)35/h5-7,10-12,17-19,24,31-32H,13-16H2,1-4H3,(H,34,35)/t17-,18-,19+,24+/m1/s1. The number of aromatic carboxylic acids is 1. The van der Waals surface area contributed by atoms with Crippen molar-refractivity contribution in [3.8, 4) is 17.7 Å². The molecule has 0 saturated heterocycles. The molecule has 0 aliphatic carbocycles. The number of amides is 1. The summed E-state index contributed by atoms with van der Waals surface area (Å²) in [5.74, 6) is 4.29. The zero-order valence-corrected chi connectivity index (χ0v) is 21.0. The predicted molar refractivity (Wildman–Crippen MR) is 134 cm³/mol. The highest BCUT2D eigenvalue weighted by molar-refractivity contribution is 5.97.